The number of para-hydroxylation sites is 1. The molecule has 0 aliphatic carbocycles. The number of aromatic nitrogens is 6. The van der Waals surface area contributed by atoms with Gasteiger partial charge in [0.1, 0.15) is 23.0 Å². The fourth-order valence-corrected chi connectivity index (χ4v) is 5.09. The molecular weight excluding hydrogens is 482 g/mol. The Morgan fingerprint density at radius 3 is 2.28 bits per heavy atom. The van der Waals surface area contributed by atoms with Gasteiger partial charge in [0.25, 0.3) is 0 Å². The summed E-state index contributed by atoms with van der Waals surface area (Å²) in [6.07, 6.45) is 6.40. The van der Waals surface area contributed by atoms with Crippen LogP contribution in [0, 0.1) is 6.92 Å². The average Bonchev–Trinajstić information content (AvgIpc) is 3.29. The molecule has 0 saturated carbocycles. The zero-order valence-electron chi connectivity index (χ0n) is 20.4. The third kappa shape index (κ3) is 5.04. The van der Waals surface area contributed by atoms with Crippen molar-refractivity contribution in [2.75, 3.05) is 14.2 Å². The fourth-order valence-electron chi connectivity index (χ4n) is 4.00. The molecule has 11 nitrogen and oxygen atoms in total. The van der Waals surface area contributed by atoms with Crippen molar-refractivity contribution in [2.24, 2.45) is 5.14 Å². The Morgan fingerprint density at radius 2 is 1.72 bits per heavy atom. The molecule has 4 aromatic rings. The highest BCUT2D eigenvalue weighted by molar-refractivity contribution is 7.89. The average molecular weight is 510 g/mol. The van der Waals surface area contributed by atoms with Gasteiger partial charge in [0, 0.05) is 42.7 Å². The third-order valence-corrected chi connectivity index (χ3v) is 7.32. The monoisotopic (exact) mass is 509 g/mol. The first kappa shape index (κ1) is 25.2. The number of nitrogens with two attached hydrogens (primary N) is 1. The first-order valence-corrected chi connectivity index (χ1v) is 12.7. The Hall–Kier alpha value is -3.90. The van der Waals surface area contributed by atoms with E-state index in [0.717, 1.165) is 5.69 Å². The lowest BCUT2D eigenvalue weighted by atomic mass is 10.0. The Kier molecular flexibility index (Phi) is 7.27. The molecule has 0 amide bonds. The molecule has 0 saturated heterocycles. The van der Waals surface area contributed by atoms with Crippen LogP contribution in [0.15, 0.2) is 55.1 Å². The van der Waals surface area contributed by atoms with Crippen LogP contribution >= 0.6 is 0 Å². The Morgan fingerprint density at radius 1 is 1.00 bits per heavy atom. The van der Waals surface area contributed by atoms with Gasteiger partial charge in [-0.15, -0.1) is 10.2 Å². The maximum Gasteiger partial charge on any atom is 0.213 e. The Bertz CT molecular complexity index is 1420. The Balaban J connectivity index is 1.90. The minimum atomic E-state index is -4.03. The van der Waals surface area contributed by atoms with Crippen LogP contribution in [0.2, 0.25) is 0 Å². The lowest BCUT2D eigenvalue weighted by Gasteiger charge is -2.22. The van der Waals surface area contributed by atoms with Crippen molar-refractivity contribution in [3.05, 3.63) is 72.3 Å². The molecule has 12 heteroatoms. The Labute approximate surface area is 209 Å². The van der Waals surface area contributed by atoms with Gasteiger partial charge in [-0.1, -0.05) is 13.0 Å². The molecule has 0 bridgehead atoms. The van der Waals surface area contributed by atoms with Crippen molar-refractivity contribution in [3.8, 4) is 28.6 Å². The first-order chi connectivity index (χ1) is 17.2. The van der Waals surface area contributed by atoms with E-state index in [-0.39, 0.29) is 6.42 Å². The fraction of sp³-hybridized carbons (Fsp3) is 0.292. The molecule has 0 spiro atoms. The van der Waals surface area contributed by atoms with Crippen molar-refractivity contribution < 1.29 is 17.9 Å². The maximum atomic E-state index is 12.8. The highest BCUT2D eigenvalue weighted by Gasteiger charge is 2.34. The predicted octanol–water partition coefficient (Wildman–Crippen LogP) is 2.45. The number of primary sulfonamides is 1. The largest absolute Gasteiger partial charge is 0.494 e. The van der Waals surface area contributed by atoms with Crippen molar-refractivity contribution >= 4 is 10.0 Å². The molecule has 2 unspecified atom stereocenters. The van der Waals surface area contributed by atoms with Gasteiger partial charge < -0.3 is 9.47 Å². The molecule has 0 fully saturated rings. The van der Waals surface area contributed by atoms with Crippen LogP contribution in [0.5, 0.6) is 11.5 Å². The van der Waals surface area contributed by atoms with E-state index in [1.54, 1.807) is 60.5 Å². The molecule has 36 heavy (non-hydrogen) atoms. The van der Waals surface area contributed by atoms with E-state index in [1.807, 2.05) is 13.0 Å². The van der Waals surface area contributed by atoms with Crippen LogP contribution in [-0.2, 0) is 16.4 Å². The number of sulfonamides is 1. The van der Waals surface area contributed by atoms with E-state index in [2.05, 4.69) is 25.1 Å². The highest BCUT2D eigenvalue weighted by Crippen LogP contribution is 2.37. The lowest BCUT2D eigenvalue weighted by molar-refractivity contribution is 0.390. The molecule has 2 atom stereocenters. The van der Waals surface area contributed by atoms with Gasteiger partial charge in [0.05, 0.1) is 30.9 Å². The van der Waals surface area contributed by atoms with Crippen LogP contribution in [0.1, 0.15) is 30.1 Å². The molecular formula is C24H27N7O4S. The normalized spacial score (nSPS) is 13.2. The zero-order valence-corrected chi connectivity index (χ0v) is 21.2. The van der Waals surface area contributed by atoms with Crippen LogP contribution in [-0.4, -0.2) is 57.6 Å². The number of pyridine rings is 1. The number of hydrogen-bond donors (Lipinski definition) is 1. The van der Waals surface area contributed by atoms with E-state index < -0.39 is 21.2 Å². The van der Waals surface area contributed by atoms with E-state index in [4.69, 9.17) is 14.6 Å². The summed E-state index contributed by atoms with van der Waals surface area (Å²) in [7, 11) is -0.952. The molecule has 2 N–H and O–H groups in total. The van der Waals surface area contributed by atoms with E-state index in [1.165, 1.54) is 14.2 Å². The van der Waals surface area contributed by atoms with Gasteiger partial charge in [0.15, 0.2) is 5.82 Å². The zero-order chi connectivity index (χ0) is 25.9. The summed E-state index contributed by atoms with van der Waals surface area (Å²) >= 11 is 0. The minimum absolute atomic E-state index is 0.0516. The molecule has 4 rings (SSSR count). The van der Waals surface area contributed by atoms with E-state index in [0.29, 0.717) is 40.1 Å². The number of nitrogens with zero attached hydrogens (tertiary/aromatic N) is 6. The summed E-state index contributed by atoms with van der Waals surface area (Å²) < 4.78 is 38.6. The summed E-state index contributed by atoms with van der Waals surface area (Å²) in [6, 6.07) is 8.95. The van der Waals surface area contributed by atoms with E-state index >= 15 is 0 Å². The summed E-state index contributed by atoms with van der Waals surface area (Å²) in [5.74, 6) is 1.20. The summed E-state index contributed by atoms with van der Waals surface area (Å²) in [6.45, 7) is 3.56. The van der Waals surface area contributed by atoms with Crippen LogP contribution in [0.4, 0.5) is 0 Å². The van der Waals surface area contributed by atoms with Gasteiger partial charge in [-0.2, -0.15) is 0 Å². The van der Waals surface area contributed by atoms with Gasteiger partial charge in [-0.3, -0.25) is 19.5 Å². The number of rotatable bonds is 9. The highest BCUT2D eigenvalue weighted by atomic mass is 32.2. The topological polar surface area (TPSA) is 148 Å². The van der Waals surface area contributed by atoms with Crippen LogP contribution < -0.4 is 14.6 Å². The van der Waals surface area contributed by atoms with Gasteiger partial charge in [-0.05, 0) is 31.2 Å². The van der Waals surface area contributed by atoms with Crippen molar-refractivity contribution in [1.29, 1.82) is 0 Å². The first-order valence-electron chi connectivity index (χ1n) is 11.1. The number of benzene rings is 1. The standard InChI is InChI=1S/C24H27N7O4S/c1-15-12-28-18(14-27-15)16(2)21(36(25,32)33)11-22-29-30-24(17-7-6-10-26-13-17)31(22)23-19(34-3)8-5-9-20(23)35-4/h5-10,12-14,16,21H,11H2,1-4H3,(H2,25,32,33). The molecule has 1 aromatic carbocycles. The number of aryl methyl sites for hydroxylation is 1. The van der Waals surface area contributed by atoms with E-state index in [9.17, 15) is 8.42 Å². The number of hydrogen-bond acceptors (Lipinski definition) is 9. The summed E-state index contributed by atoms with van der Waals surface area (Å²) in [4.78, 5) is 12.8. The molecule has 0 aliphatic rings. The molecule has 0 radical (unpaired) electrons. The second-order valence-corrected chi connectivity index (χ2v) is 10.0. The molecule has 188 valence electrons. The minimum Gasteiger partial charge on any atom is -0.494 e. The predicted molar refractivity (Wildman–Crippen MR) is 133 cm³/mol. The smallest absolute Gasteiger partial charge is 0.213 e. The number of ether oxygens (including phenoxy) is 2. The van der Waals surface area contributed by atoms with Gasteiger partial charge in [0.2, 0.25) is 10.0 Å². The van der Waals surface area contributed by atoms with Gasteiger partial charge >= 0.3 is 0 Å². The summed E-state index contributed by atoms with van der Waals surface area (Å²) in [5, 5.41) is 13.4. The number of methoxy groups -OCH3 is 2. The van der Waals surface area contributed by atoms with Crippen molar-refractivity contribution in [3.63, 3.8) is 0 Å². The second kappa shape index (κ2) is 10.4. The van der Waals surface area contributed by atoms with Crippen LogP contribution in [0.3, 0.4) is 0 Å². The van der Waals surface area contributed by atoms with Crippen LogP contribution in [0.25, 0.3) is 17.1 Å². The van der Waals surface area contributed by atoms with Gasteiger partial charge in [-0.25, -0.2) is 13.6 Å². The molecule has 3 heterocycles. The maximum absolute atomic E-state index is 12.8. The quantitative estimate of drug-likeness (QED) is 0.359. The van der Waals surface area contributed by atoms with Crippen molar-refractivity contribution in [1.82, 2.24) is 29.7 Å². The second-order valence-electron chi connectivity index (χ2n) is 8.23. The van der Waals surface area contributed by atoms with Crippen molar-refractivity contribution in [2.45, 2.75) is 31.4 Å². The molecule has 0 aliphatic heterocycles. The summed E-state index contributed by atoms with van der Waals surface area (Å²) in [5.41, 5.74) is 2.43. The lowest BCUT2D eigenvalue weighted by Crippen LogP contribution is -2.36. The SMILES string of the molecule is COc1cccc(OC)c1-n1c(CC(C(C)c2cnc(C)cn2)S(N)(=O)=O)nnc1-c1cccnc1. The molecule has 3 aromatic heterocycles. The third-order valence-electron chi connectivity index (χ3n) is 5.91.